The number of methoxy groups -OCH3 is 1. The van der Waals surface area contributed by atoms with E-state index in [0.717, 1.165) is 12.1 Å². The molecule has 2 rings (SSSR count). The van der Waals surface area contributed by atoms with E-state index in [1.807, 2.05) is 6.07 Å². The molecule has 1 saturated carbocycles. The molecule has 0 aromatic heterocycles. The average Bonchev–Trinajstić information content (AvgIpc) is 2.39. The smallest absolute Gasteiger partial charge is 0.337 e. The van der Waals surface area contributed by atoms with Crippen molar-refractivity contribution < 1.29 is 9.53 Å². The molecular formula is C16H24N2O2. The standard InChI is InChI=1S/C16H24N2O2/c1-16(2)8-4-5-12(10-16)18-14-7-6-11(9-13(14)17)15(19)20-3/h6-7,9,12,18H,4-5,8,10,17H2,1-3H3. The van der Waals surface area contributed by atoms with Gasteiger partial charge in [0, 0.05) is 6.04 Å². The van der Waals surface area contributed by atoms with E-state index in [-0.39, 0.29) is 5.97 Å². The molecule has 20 heavy (non-hydrogen) atoms. The summed E-state index contributed by atoms with van der Waals surface area (Å²) >= 11 is 0. The number of nitrogen functional groups attached to an aromatic ring is 1. The van der Waals surface area contributed by atoms with Gasteiger partial charge < -0.3 is 15.8 Å². The van der Waals surface area contributed by atoms with Crippen molar-refractivity contribution in [1.82, 2.24) is 0 Å². The van der Waals surface area contributed by atoms with Gasteiger partial charge in [-0.25, -0.2) is 4.79 Å². The number of rotatable bonds is 3. The molecule has 0 spiro atoms. The van der Waals surface area contributed by atoms with Crippen molar-refractivity contribution in [1.29, 1.82) is 0 Å². The van der Waals surface area contributed by atoms with Crippen LogP contribution in [0.3, 0.4) is 0 Å². The Kier molecular flexibility index (Phi) is 4.21. The molecular weight excluding hydrogens is 252 g/mol. The first-order chi connectivity index (χ1) is 9.41. The van der Waals surface area contributed by atoms with E-state index >= 15 is 0 Å². The molecule has 0 saturated heterocycles. The second kappa shape index (κ2) is 5.73. The molecule has 3 N–H and O–H groups in total. The van der Waals surface area contributed by atoms with Gasteiger partial charge in [-0.15, -0.1) is 0 Å². The van der Waals surface area contributed by atoms with Crippen molar-refractivity contribution in [2.75, 3.05) is 18.2 Å². The Labute approximate surface area is 120 Å². The Bertz CT molecular complexity index is 497. The highest BCUT2D eigenvalue weighted by Gasteiger charge is 2.28. The number of nitrogens with two attached hydrogens (primary N) is 1. The fourth-order valence-electron chi connectivity index (χ4n) is 2.98. The number of benzene rings is 1. The summed E-state index contributed by atoms with van der Waals surface area (Å²) in [5, 5.41) is 3.51. The van der Waals surface area contributed by atoms with E-state index in [0.29, 0.717) is 22.7 Å². The van der Waals surface area contributed by atoms with Crippen molar-refractivity contribution in [2.45, 2.75) is 45.6 Å². The fourth-order valence-corrected chi connectivity index (χ4v) is 2.98. The summed E-state index contributed by atoms with van der Waals surface area (Å²) in [6, 6.07) is 5.73. The third-order valence-corrected chi connectivity index (χ3v) is 4.04. The minimum absolute atomic E-state index is 0.359. The largest absolute Gasteiger partial charge is 0.465 e. The Morgan fingerprint density at radius 2 is 2.20 bits per heavy atom. The third kappa shape index (κ3) is 3.44. The lowest BCUT2D eigenvalue weighted by Crippen LogP contribution is -2.32. The van der Waals surface area contributed by atoms with Gasteiger partial charge in [0.05, 0.1) is 24.0 Å². The third-order valence-electron chi connectivity index (χ3n) is 4.04. The van der Waals surface area contributed by atoms with Crippen LogP contribution in [-0.4, -0.2) is 19.1 Å². The molecule has 1 fully saturated rings. The molecule has 4 nitrogen and oxygen atoms in total. The van der Waals surface area contributed by atoms with Crippen molar-refractivity contribution >= 4 is 17.3 Å². The number of hydrogen-bond acceptors (Lipinski definition) is 4. The summed E-state index contributed by atoms with van der Waals surface area (Å²) in [7, 11) is 1.37. The maximum atomic E-state index is 11.5. The zero-order chi connectivity index (χ0) is 14.8. The molecule has 0 aliphatic heterocycles. The maximum Gasteiger partial charge on any atom is 0.337 e. The summed E-state index contributed by atoms with van der Waals surface area (Å²) in [4.78, 5) is 11.5. The molecule has 1 aliphatic carbocycles. The first-order valence-electron chi connectivity index (χ1n) is 7.16. The minimum Gasteiger partial charge on any atom is -0.465 e. The summed E-state index contributed by atoms with van der Waals surface area (Å²) in [5.74, 6) is -0.359. The van der Waals surface area contributed by atoms with Crippen LogP contribution in [0.25, 0.3) is 0 Å². The second-order valence-electron chi connectivity index (χ2n) is 6.40. The molecule has 0 radical (unpaired) electrons. The zero-order valence-corrected chi connectivity index (χ0v) is 12.5. The van der Waals surface area contributed by atoms with Crippen LogP contribution >= 0.6 is 0 Å². The van der Waals surface area contributed by atoms with Gasteiger partial charge in [0.25, 0.3) is 0 Å². The highest BCUT2D eigenvalue weighted by atomic mass is 16.5. The van der Waals surface area contributed by atoms with Crippen LogP contribution in [0.2, 0.25) is 0 Å². The summed E-state index contributed by atoms with van der Waals surface area (Å²) in [5.41, 5.74) is 8.40. The quantitative estimate of drug-likeness (QED) is 0.655. The van der Waals surface area contributed by atoms with Crippen molar-refractivity contribution in [3.63, 3.8) is 0 Å². The topological polar surface area (TPSA) is 64.3 Å². The van der Waals surface area contributed by atoms with E-state index in [2.05, 4.69) is 19.2 Å². The monoisotopic (exact) mass is 276 g/mol. The summed E-state index contributed by atoms with van der Waals surface area (Å²) in [6.07, 6.45) is 4.83. The summed E-state index contributed by atoms with van der Waals surface area (Å²) < 4.78 is 4.69. The zero-order valence-electron chi connectivity index (χ0n) is 12.5. The number of hydrogen-bond donors (Lipinski definition) is 2. The van der Waals surface area contributed by atoms with Gasteiger partial charge in [-0.05, 0) is 42.9 Å². The van der Waals surface area contributed by atoms with Gasteiger partial charge in [0.1, 0.15) is 0 Å². The molecule has 1 aliphatic rings. The van der Waals surface area contributed by atoms with Crippen LogP contribution in [0.1, 0.15) is 49.9 Å². The Morgan fingerprint density at radius 3 is 2.80 bits per heavy atom. The predicted octanol–water partition coefficient (Wildman–Crippen LogP) is 3.44. The highest BCUT2D eigenvalue weighted by molar-refractivity contribution is 5.91. The lowest BCUT2D eigenvalue weighted by atomic mass is 9.75. The van der Waals surface area contributed by atoms with Crippen molar-refractivity contribution in [2.24, 2.45) is 5.41 Å². The van der Waals surface area contributed by atoms with Gasteiger partial charge in [-0.3, -0.25) is 0 Å². The van der Waals surface area contributed by atoms with E-state index < -0.39 is 0 Å². The molecule has 110 valence electrons. The Balaban J connectivity index is 2.08. The first kappa shape index (κ1) is 14.7. The van der Waals surface area contributed by atoms with Crippen LogP contribution in [0, 0.1) is 5.41 Å². The Hall–Kier alpha value is -1.71. The molecule has 1 aromatic rings. The number of nitrogens with one attached hydrogen (secondary N) is 1. The lowest BCUT2D eigenvalue weighted by molar-refractivity contribution is 0.0601. The van der Waals surface area contributed by atoms with Crippen LogP contribution in [0.5, 0.6) is 0 Å². The van der Waals surface area contributed by atoms with Crippen molar-refractivity contribution in [3.05, 3.63) is 23.8 Å². The van der Waals surface area contributed by atoms with E-state index in [4.69, 9.17) is 10.5 Å². The first-order valence-corrected chi connectivity index (χ1v) is 7.16. The molecule has 4 heteroatoms. The van der Waals surface area contributed by atoms with E-state index in [9.17, 15) is 4.79 Å². The number of carbonyl (C=O) groups is 1. The molecule has 1 unspecified atom stereocenters. The molecule has 1 atom stereocenters. The fraction of sp³-hybridized carbons (Fsp3) is 0.562. The normalized spacial score (nSPS) is 21.2. The van der Waals surface area contributed by atoms with Crippen molar-refractivity contribution in [3.8, 4) is 0 Å². The second-order valence-corrected chi connectivity index (χ2v) is 6.40. The van der Waals surface area contributed by atoms with Gasteiger partial charge in [0.2, 0.25) is 0 Å². The van der Waals surface area contributed by atoms with E-state index in [1.54, 1.807) is 12.1 Å². The molecule has 0 amide bonds. The van der Waals surface area contributed by atoms with Crippen LogP contribution in [0.15, 0.2) is 18.2 Å². The molecule has 0 heterocycles. The van der Waals surface area contributed by atoms with Gasteiger partial charge in [0.15, 0.2) is 0 Å². The minimum atomic E-state index is -0.359. The maximum absolute atomic E-state index is 11.5. The summed E-state index contributed by atoms with van der Waals surface area (Å²) in [6.45, 7) is 4.62. The number of ether oxygens (including phenoxy) is 1. The predicted molar refractivity (Wildman–Crippen MR) is 81.9 cm³/mol. The number of carbonyl (C=O) groups excluding carboxylic acids is 1. The van der Waals surface area contributed by atoms with Crippen LogP contribution in [0.4, 0.5) is 11.4 Å². The highest BCUT2D eigenvalue weighted by Crippen LogP contribution is 2.37. The number of anilines is 2. The SMILES string of the molecule is COC(=O)c1ccc(NC2CCCC(C)(C)C2)c(N)c1. The number of esters is 1. The van der Waals surface area contributed by atoms with Gasteiger partial charge >= 0.3 is 5.97 Å². The van der Waals surface area contributed by atoms with Gasteiger partial charge in [-0.2, -0.15) is 0 Å². The molecule has 1 aromatic carbocycles. The molecule has 0 bridgehead atoms. The van der Waals surface area contributed by atoms with Crippen LogP contribution < -0.4 is 11.1 Å². The lowest BCUT2D eigenvalue weighted by Gasteiger charge is -2.36. The average molecular weight is 276 g/mol. The Morgan fingerprint density at radius 1 is 1.45 bits per heavy atom. The van der Waals surface area contributed by atoms with Gasteiger partial charge in [-0.1, -0.05) is 20.3 Å². The van der Waals surface area contributed by atoms with E-state index in [1.165, 1.54) is 26.4 Å². The van der Waals surface area contributed by atoms with Crippen LogP contribution in [-0.2, 0) is 4.74 Å².